The monoisotopic (exact) mass is 305 g/mol. The maximum absolute atomic E-state index is 8.70. The lowest BCUT2D eigenvalue weighted by Gasteiger charge is -2.12. The van der Waals surface area contributed by atoms with Gasteiger partial charge in [0.05, 0.1) is 7.11 Å². The lowest BCUT2D eigenvalue weighted by atomic mass is 10.2. The summed E-state index contributed by atoms with van der Waals surface area (Å²) in [5.74, 6) is 1.18. The molecule has 0 aliphatic carbocycles. The number of nitrogens with zero attached hydrogens (tertiary/aromatic N) is 2. The van der Waals surface area contributed by atoms with Gasteiger partial charge in [-0.1, -0.05) is 30.3 Å². The molecule has 0 aliphatic rings. The Morgan fingerprint density at radius 3 is 2.48 bits per heavy atom. The molecule has 0 radical (unpaired) electrons. The van der Waals surface area contributed by atoms with Gasteiger partial charge in [0.25, 0.3) is 0 Å². The van der Waals surface area contributed by atoms with Crippen LogP contribution in [0.4, 0.5) is 5.69 Å². The highest BCUT2D eigenvalue weighted by Crippen LogP contribution is 2.30. The number of nitriles is 2. The standard InChI is InChI=1S/C18H15N3O2/c1-22-18-9-16(21-12-15(10-19)11-20)7-8-17(18)23-13-14-5-3-2-4-6-14/h2-9,12,21H,13H2,1H3. The molecular weight excluding hydrogens is 290 g/mol. The Balaban J connectivity index is 2.09. The fourth-order valence-electron chi connectivity index (χ4n) is 1.86. The Bertz CT molecular complexity index is 755. The molecule has 0 saturated heterocycles. The van der Waals surface area contributed by atoms with Crippen molar-refractivity contribution in [3.05, 3.63) is 65.9 Å². The van der Waals surface area contributed by atoms with E-state index in [9.17, 15) is 0 Å². The van der Waals surface area contributed by atoms with Gasteiger partial charge in [-0.25, -0.2) is 0 Å². The van der Waals surface area contributed by atoms with Gasteiger partial charge in [-0.2, -0.15) is 10.5 Å². The van der Waals surface area contributed by atoms with Crippen molar-refractivity contribution in [3.63, 3.8) is 0 Å². The van der Waals surface area contributed by atoms with E-state index in [4.69, 9.17) is 20.0 Å². The van der Waals surface area contributed by atoms with Crippen LogP contribution in [-0.4, -0.2) is 7.11 Å². The van der Waals surface area contributed by atoms with Crippen molar-refractivity contribution in [2.24, 2.45) is 0 Å². The van der Waals surface area contributed by atoms with Gasteiger partial charge < -0.3 is 14.8 Å². The second-order valence-electron chi connectivity index (χ2n) is 4.57. The molecule has 0 heterocycles. The van der Waals surface area contributed by atoms with Crippen LogP contribution in [0.15, 0.2) is 60.3 Å². The second kappa shape index (κ2) is 8.11. The zero-order chi connectivity index (χ0) is 16.5. The molecule has 0 aliphatic heterocycles. The number of rotatable bonds is 6. The average Bonchev–Trinajstić information content (AvgIpc) is 2.62. The molecule has 23 heavy (non-hydrogen) atoms. The summed E-state index contributed by atoms with van der Waals surface area (Å²) < 4.78 is 11.1. The van der Waals surface area contributed by atoms with Gasteiger partial charge in [0, 0.05) is 18.0 Å². The molecule has 5 nitrogen and oxygen atoms in total. The van der Waals surface area contributed by atoms with Crippen molar-refractivity contribution < 1.29 is 9.47 Å². The van der Waals surface area contributed by atoms with Crippen LogP contribution in [-0.2, 0) is 6.61 Å². The molecule has 0 fully saturated rings. The molecule has 114 valence electrons. The van der Waals surface area contributed by atoms with Gasteiger partial charge in [-0.15, -0.1) is 0 Å². The van der Waals surface area contributed by atoms with Gasteiger partial charge in [-0.05, 0) is 17.7 Å². The predicted octanol–water partition coefficient (Wildman–Crippen LogP) is 3.62. The molecule has 5 heteroatoms. The number of allylic oxidation sites excluding steroid dienone is 1. The first kappa shape index (κ1) is 15.9. The Labute approximate surface area is 135 Å². The zero-order valence-corrected chi connectivity index (χ0v) is 12.6. The molecule has 2 aromatic carbocycles. The number of methoxy groups -OCH3 is 1. The molecule has 0 amide bonds. The van der Waals surface area contributed by atoms with Gasteiger partial charge in [0.2, 0.25) is 0 Å². The normalized spacial score (nSPS) is 9.17. The third-order valence-electron chi connectivity index (χ3n) is 3.02. The summed E-state index contributed by atoms with van der Waals surface area (Å²) in [5.41, 5.74) is 1.75. The highest BCUT2D eigenvalue weighted by molar-refractivity contribution is 5.57. The van der Waals surface area contributed by atoms with E-state index in [1.54, 1.807) is 37.4 Å². The number of hydrogen-bond acceptors (Lipinski definition) is 5. The first-order valence-corrected chi connectivity index (χ1v) is 6.88. The summed E-state index contributed by atoms with van der Waals surface area (Å²) in [7, 11) is 1.56. The largest absolute Gasteiger partial charge is 0.493 e. The Morgan fingerprint density at radius 2 is 1.83 bits per heavy atom. The highest BCUT2D eigenvalue weighted by Gasteiger charge is 2.06. The molecule has 2 aromatic rings. The Kier molecular flexibility index (Phi) is 5.62. The molecule has 1 N–H and O–H groups in total. The van der Waals surface area contributed by atoms with Gasteiger partial charge in [0.1, 0.15) is 24.3 Å². The molecular formula is C18H15N3O2. The van der Waals surface area contributed by atoms with E-state index in [1.807, 2.05) is 30.3 Å². The van der Waals surface area contributed by atoms with Crippen LogP contribution < -0.4 is 14.8 Å². The smallest absolute Gasteiger partial charge is 0.162 e. The van der Waals surface area contributed by atoms with Crippen LogP contribution in [0.3, 0.4) is 0 Å². The fraction of sp³-hybridized carbons (Fsp3) is 0.111. The first-order chi connectivity index (χ1) is 11.3. The van der Waals surface area contributed by atoms with Gasteiger partial charge in [-0.3, -0.25) is 0 Å². The summed E-state index contributed by atoms with van der Waals surface area (Å²) in [6, 6.07) is 18.7. The number of ether oxygens (including phenoxy) is 2. The van der Waals surface area contributed by atoms with E-state index in [0.717, 1.165) is 5.56 Å². The van der Waals surface area contributed by atoms with Crippen molar-refractivity contribution in [2.75, 3.05) is 12.4 Å². The van der Waals surface area contributed by atoms with E-state index in [-0.39, 0.29) is 5.57 Å². The minimum Gasteiger partial charge on any atom is -0.493 e. The van der Waals surface area contributed by atoms with Crippen LogP contribution in [0.2, 0.25) is 0 Å². The maximum atomic E-state index is 8.70. The predicted molar refractivity (Wildman–Crippen MR) is 86.7 cm³/mol. The van der Waals surface area contributed by atoms with Crippen LogP contribution in [0.1, 0.15) is 5.56 Å². The number of hydrogen-bond donors (Lipinski definition) is 1. The van der Waals surface area contributed by atoms with Crippen molar-refractivity contribution in [1.29, 1.82) is 10.5 Å². The van der Waals surface area contributed by atoms with Crippen molar-refractivity contribution in [3.8, 4) is 23.6 Å². The molecule has 0 saturated carbocycles. The van der Waals surface area contributed by atoms with Crippen LogP contribution in [0.5, 0.6) is 11.5 Å². The van der Waals surface area contributed by atoms with Gasteiger partial charge >= 0.3 is 0 Å². The Hall–Kier alpha value is -3.44. The minimum atomic E-state index is -0.00614. The van der Waals surface area contributed by atoms with E-state index in [1.165, 1.54) is 6.20 Å². The number of nitrogens with one attached hydrogen (secondary N) is 1. The average molecular weight is 305 g/mol. The molecule has 0 atom stereocenters. The number of benzene rings is 2. The summed E-state index contributed by atoms with van der Waals surface area (Å²) in [4.78, 5) is 0. The number of anilines is 1. The maximum Gasteiger partial charge on any atom is 0.162 e. The lowest BCUT2D eigenvalue weighted by Crippen LogP contribution is -1.98. The summed E-state index contributed by atoms with van der Waals surface area (Å²) in [6.07, 6.45) is 1.35. The van der Waals surface area contributed by atoms with E-state index < -0.39 is 0 Å². The highest BCUT2D eigenvalue weighted by atomic mass is 16.5. The van der Waals surface area contributed by atoms with E-state index >= 15 is 0 Å². The molecule has 2 rings (SSSR count). The van der Waals surface area contributed by atoms with Crippen LogP contribution >= 0.6 is 0 Å². The molecule has 0 bridgehead atoms. The summed E-state index contributed by atoms with van der Waals surface area (Å²) in [6.45, 7) is 0.441. The van der Waals surface area contributed by atoms with Crippen LogP contribution in [0, 0.1) is 22.7 Å². The summed E-state index contributed by atoms with van der Waals surface area (Å²) >= 11 is 0. The molecule has 0 unspecified atom stereocenters. The van der Waals surface area contributed by atoms with Gasteiger partial charge in [0.15, 0.2) is 11.5 Å². The summed E-state index contributed by atoms with van der Waals surface area (Å²) in [5, 5.41) is 20.3. The molecule has 0 aromatic heterocycles. The second-order valence-corrected chi connectivity index (χ2v) is 4.57. The SMILES string of the molecule is COc1cc(NC=C(C#N)C#N)ccc1OCc1ccccc1. The fourth-order valence-corrected chi connectivity index (χ4v) is 1.86. The van der Waals surface area contributed by atoms with E-state index in [2.05, 4.69) is 5.32 Å². The van der Waals surface area contributed by atoms with Crippen molar-refractivity contribution >= 4 is 5.69 Å². The topological polar surface area (TPSA) is 78.1 Å². The first-order valence-electron chi connectivity index (χ1n) is 6.88. The Morgan fingerprint density at radius 1 is 1.09 bits per heavy atom. The van der Waals surface area contributed by atoms with Crippen LogP contribution in [0.25, 0.3) is 0 Å². The lowest BCUT2D eigenvalue weighted by molar-refractivity contribution is 0.284. The van der Waals surface area contributed by atoms with Crippen molar-refractivity contribution in [1.82, 2.24) is 0 Å². The van der Waals surface area contributed by atoms with E-state index in [0.29, 0.717) is 23.8 Å². The van der Waals surface area contributed by atoms with Crippen molar-refractivity contribution in [2.45, 2.75) is 6.61 Å². The third kappa shape index (κ3) is 4.52. The third-order valence-corrected chi connectivity index (χ3v) is 3.02. The quantitative estimate of drug-likeness (QED) is 0.825. The zero-order valence-electron chi connectivity index (χ0n) is 12.6. The minimum absolute atomic E-state index is 0.00614. The molecule has 0 spiro atoms.